The molecule has 0 radical (unpaired) electrons. The van der Waals surface area contributed by atoms with Crippen LogP contribution in [-0.2, 0) is 9.84 Å². The summed E-state index contributed by atoms with van der Waals surface area (Å²) < 4.78 is 22.3. The van der Waals surface area contributed by atoms with Gasteiger partial charge in [-0.3, -0.25) is 0 Å². The van der Waals surface area contributed by atoms with Crippen LogP contribution in [0.1, 0.15) is 13.3 Å². The second kappa shape index (κ2) is 3.94. The maximum Gasteiger partial charge on any atom is 0.151 e. The van der Waals surface area contributed by atoms with Crippen molar-refractivity contribution in [2.75, 3.05) is 25.1 Å². The Morgan fingerprint density at radius 2 is 2.23 bits per heavy atom. The summed E-state index contributed by atoms with van der Waals surface area (Å²) in [6, 6.07) is 0.282. The van der Waals surface area contributed by atoms with E-state index in [1.54, 1.807) is 0 Å². The van der Waals surface area contributed by atoms with Gasteiger partial charge in [-0.15, -0.1) is 0 Å². The highest BCUT2D eigenvalue weighted by Gasteiger charge is 2.30. The third-order valence-electron chi connectivity index (χ3n) is 2.41. The second-order valence-electron chi connectivity index (χ2n) is 3.97. The Morgan fingerprint density at radius 3 is 2.62 bits per heavy atom. The molecule has 0 aliphatic carbocycles. The lowest BCUT2D eigenvalue weighted by Gasteiger charge is -2.24. The van der Waals surface area contributed by atoms with Crippen molar-refractivity contribution in [3.8, 4) is 0 Å². The molecule has 4 nitrogen and oxygen atoms in total. The molecule has 78 valence electrons. The summed E-state index contributed by atoms with van der Waals surface area (Å²) in [7, 11) is -0.819. The van der Waals surface area contributed by atoms with Gasteiger partial charge in [-0.25, -0.2) is 8.42 Å². The van der Waals surface area contributed by atoms with Gasteiger partial charge in [0.2, 0.25) is 0 Å². The molecule has 1 heterocycles. The topological polar surface area (TPSA) is 63.4 Å². The normalized spacial score (nSPS) is 29.4. The van der Waals surface area contributed by atoms with Crippen molar-refractivity contribution in [2.24, 2.45) is 5.73 Å². The van der Waals surface area contributed by atoms with Crippen LogP contribution in [0.15, 0.2) is 0 Å². The van der Waals surface area contributed by atoms with Gasteiger partial charge in [0.25, 0.3) is 0 Å². The van der Waals surface area contributed by atoms with Crippen molar-refractivity contribution in [3.05, 3.63) is 0 Å². The van der Waals surface area contributed by atoms with Gasteiger partial charge in [0.1, 0.15) is 0 Å². The Hall–Kier alpha value is -0.130. The average molecular weight is 206 g/mol. The lowest BCUT2D eigenvalue weighted by molar-refractivity contribution is 0.250. The summed E-state index contributed by atoms with van der Waals surface area (Å²) in [6.07, 6.45) is 0.756. The Balaban J connectivity index is 2.47. The van der Waals surface area contributed by atoms with Crippen molar-refractivity contribution >= 4 is 9.84 Å². The Morgan fingerprint density at radius 1 is 1.62 bits per heavy atom. The smallest absolute Gasteiger partial charge is 0.151 e. The number of sulfone groups is 1. The molecule has 0 aromatic heterocycles. The van der Waals surface area contributed by atoms with E-state index in [-0.39, 0.29) is 12.1 Å². The molecule has 5 heteroatoms. The highest BCUT2D eigenvalue weighted by molar-refractivity contribution is 7.91. The van der Waals surface area contributed by atoms with E-state index in [4.69, 9.17) is 5.73 Å². The minimum atomic E-state index is -2.76. The van der Waals surface area contributed by atoms with E-state index in [1.807, 2.05) is 14.0 Å². The third-order valence-corrected chi connectivity index (χ3v) is 4.16. The molecule has 1 aliphatic rings. The maximum atomic E-state index is 11.2. The number of nitrogens with two attached hydrogens (primary N) is 1. The molecule has 0 aromatic rings. The van der Waals surface area contributed by atoms with Crippen LogP contribution >= 0.6 is 0 Å². The van der Waals surface area contributed by atoms with Gasteiger partial charge in [0, 0.05) is 18.6 Å². The first-order valence-corrected chi connectivity index (χ1v) is 6.39. The van der Waals surface area contributed by atoms with Crippen molar-refractivity contribution in [2.45, 2.75) is 25.4 Å². The third kappa shape index (κ3) is 3.25. The molecular weight excluding hydrogens is 188 g/mol. The van der Waals surface area contributed by atoms with Gasteiger partial charge in [-0.1, -0.05) is 0 Å². The molecule has 1 aliphatic heterocycles. The quantitative estimate of drug-likeness (QED) is 0.673. The first-order valence-electron chi connectivity index (χ1n) is 4.57. The molecule has 2 unspecified atom stereocenters. The van der Waals surface area contributed by atoms with Gasteiger partial charge in [-0.05, 0) is 20.4 Å². The zero-order valence-electron chi connectivity index (χ0n) is 8.23. The minimum absolute atomic E-state index is 0.105. The summed E-state index contributed by atoms with van der Waals surface area (Å²) in [6.45, 7) is 2.69. The van der Waals surface area contributed by atoms with E-state index < -0.39 is 9.84 Å². The van der Waals surface area contributed by atoms with Gasteiger partial charge in [0.15, 0.2) is 9.84 Å². The van der Waals surface area contributed by atoms with Crippen molar-refractivity contribution in [1.82, 2.24) is 4.90 Å². The summed E-state index contributed by atoms with van der Waals surface area (Å²) in [4.78, 5) is 2.05. The number of rotatable bonds is 3. The van der Waals surface area contributed by atoms with Crippen LogP contribution < -0.4 is 5.73 Å². The monoisotopic (exact) mass is 206 g/mol. The zero-order valence-corrected chi connectivity index (χ0v) is 9.05. The van der Waals surface area contributed by atoms with E-state index >= 15 is 0 Å². The number of nitrogens with zero attached hydrogens (tertiary/aromatic N) is 1. The Bertz CT molecular complexity index is 261. The second-order valence-corrected chi connectivity index (χ2v) is 6.20. The van der Waals surface area contributed by atoms with E-state index in [0.717, 1.165) is 13.0 Å². The fourth-order valence-corrected chi connectivity index (χ4v) is 3.53. The minimum Gasteiger partial charge on any atom is -0.327 e. The molecule has 0 spiro atoms. The van der Waals surface area contributed by atoms with Crippen LogP contribution in [0.3, 0.4) is 0 Å². The highest BCUT2D eigenvalue weighted by Crippen LogP contribution is 2.16. The first kappa shape index (κ1) is 10.9. The summed E-state index contributed by atoms with van der Waals surface area (Å²) in [5, 5.41) is 0. The lowest BCUT2D eigenvalue weighted by Crippen LogP contribution is -2.40. The predicted octanol–water partition coefficient (Wildman–Crippen LogP) is -0.547. The maximum absolute atomic E-state index is 11.2. The zero-order chi connectivity index (χ0) is 10.1. The summed E-state index contributed by atoms with van der Waals surface area (Å²) in [5.74, 6) is 0.636. The SMILES string of the molecule is CC(N)CN(C)C1CCS(=O)(=O)C1. The van der Waals surface area contributed by atoms with Crippen LogP contribution in [0, 0.1) is 0 Å². The van der Waals surface area contributed by atoms with Gasteiger partial charge >= 0.3 is 0 Å². The Kier molecular flexibility index (Phi) is 3.32. The van der Waals surface area contributed by atoms with Gasteiger partial charge < -0.3 is 10.6 Å². The summed E-state index contributed by atoms with van der Waals surface area (Å²) >= 11 is 0. The molecule has 0 saturated carbocycles. The fraction of sp³-hybridized carbons (Fsp3) is 1.00. The average Bonchev–Trinajstić information content (AvgIpc) is 2.28. The van der Waals surface area contributed by atoms with E-state index in [0.29, 0.717) is 11.5 Å². The van der Waals surface area contributed by atoms with Crippen molar-refractivity contribution in [3.63, 3.8) is 0 Å². The van der Waals surface area contributed by atoms with Crippen molar-refractivity contribution in [1.29, 1.82) is 0 Å². The van der Waals surface area contributed by atoms with Crippen LogP contribution in [0.25, 0.3) is 0 Å². The largest absolute Gasteiger partial charge is 0.327 e. The molecule has 0 aromatic carbocycles. The van der Waals surface area contributed by atoms with E-state index in [1.165, 1.54) is 0 Å². The number of hydrogen-bond acceptors (Lipinski definition) is 4. The molecule has 1 rings (SSSR count). The fourth-order valence-electron chi connectivity index (χ4n) is 1.73. The van der Waals surface area contributed by atoms with E-state index in [2.05, 4.69) is 4.90 Å². The number of likely N-dealkylation sites (N-methyl/N-ethyl adjacent to an activating group) is 1. The van der Waals surface area contributed by atoms with E-state index in [9.17, 15) is 8.42 Å². The van der Waals surface area contributed by atoms with Crippen LogP contribution in [0.4, 0.5) is 0 Å². The highest BCUT2D eigenvalue weighted by atomic mass is 32.2. The molecule has 13 heavy (non-hydrogen) atoms. The molecule has 2 N–H and O–H groups in total. The molecule has 0 bridgehead atoms. The molecular formula is C8H18N2O2S. The molecule has 2 atom stereocenters. The Labute approximate surface area is 80.0 Å². The standard InChI is InChI=1S/C8H18N2O2S/c1-7(9)5-10(2)8-3-4-13(11,12)6-8/h7-8H,3-6,9H2,1-2H3. The predicted molar refractivity (Wildman–Crippen MR) is 53.3 cm³/mol. The van der Waals surface area contributed by atoms with Crippen molar-refractivity contribution < 1.29 is 8.42 Å². The summed E-state index contributed by atoms with van der Waals surface area (Å²) in [5.41, 5.74) is 5.64. The van der Waals surface area contributed by atoms with Gasteiger partial charge in [0.05, 0.1) is 11.5 Å². The van der Waals surface area contributed by atoms with Crippen LogP contribution in [-0.4, -0.2) is 50.5 Å². The molecule has 1 fully saturated rings. The van der Waals surface area contributed by atoms with Crippen LogP contribution in [0.2, 0.25) is 0 Å². The van der Waals surface area contributed by atoms with Crippen LogP contribution in [0.5, 0.6) is 0 Å². The molecule has 1 saturated heterocycles. The lowest BCUT2D eigenvalue weighted by atomic mass is 10.2. The first-order chi connectivity index (χ1) is 5.91. The molecule has 0 amide bonds. The number of hydrogen-bond donors (Lipinski definition) is 1. The van der Waals surface area contributed by atoms with Gasteiger partial charge in [-0.2, -0.15) is 0 Å².